The highest BCUT2D eigenvalue weighted by Gasteiger charge is 2.22. The molecule has 0 atom stereocenters. The number of nitrogens with zero attached hydrogens (tertiary/aromatic N) is 5. The van der Waals surface area contributed by atoms with Gasteiger partial charge < -0.3 is 15.2 Å². The largest absolute Gasteiger partial charge is 0.493 e. The van der Waals surface area contributed by atoms with Gasteiger partial charge in [-0.15, -0.1) is 10.2 Å². The Labute approximate surface area is 198 Å². The molecule has 2 aliphatic rings. The fraction of sp³-hybridized carbons (Fsp3) is 0.480. The maximum absolute atomic E-state index is 12.8. The molecule has 0 saturated heterocycles. The van der Waals surface area contributed by atoms with Gasteiger partial charge in [-0.25, -0.2) is 4.98 Å². The molecule has 1 fully saturated rings. The van der Waals surface area contributed by atoms with Crippen LogP contribution in [0.1, 0.15) is 53.0 Å². The Morgan fingerprint density at radius 2 is 2.00 bits per heavy atom. The van der Waals surface area contributed by atoms with Gasteiger partial charge >= 0.3 is 0 Å². The number of amides is 1. The predicted octanol–water partition coefficient (Wildman–Crippen LogP) is 2.71. The van der Waals surface area contributed by atoms with Gasteiger partial charge in [-0.3, -0.25) is 4.79 Å². The van der Waals surface area contributed by atoms with Gasteiger partial charge in [0.2, 0.25) is 5.82 Å². The summed E-state index contributed by atoms with van der Waals surface area (Å²) in [5.41, 5.74) is 3.98. The molecule has 1 aromatic carbocycles. The van der Waals surface area contributed by atoms with Crippen molar-refractivity contribution >= 4 is 5.91 Å². The molecule has 0 spiro atoms. The molecular weight excluding hydrogens is 432 g/mol. The summed E-state index contributed by atoms with van der Waals surface area (Å²) in [6.45, 7) is 3.98. The molecular formula is C25H30N6O3. The average molecular weight is 463 g/mol. The summed E-state index contributed by atoms with van der Waals surface area (Å²) in [6, 6.07) is 9.59. The number of benzene rings is 1. The Morgan fingerprint density at radius 1 is 1.18 bits per heavy atom. The van der Waals surface area contributed by atoms with Crippen LogP contribution in [0.4, 0.5) is 0 Å². The summed E-state index contributed by atoms with van der Waals surface area (Å²) in [5, 5.41) is 25.3. The van der Waals surface area contributed by atoms with Gasteiger partial charge in [-0.05, 0) is 79.0 Å². The first-order valence-corrected chi connectivity index (χ1v) is 12.0. The predicted molar refractivity (Wildman–Crippen MR) is 125 cm³/mol. The number of hydrogen-bond donors (Lipinski definition) is 2. The molecule has 3 heterocycles. The summed E-state index contributed by atoms with van der Waals surface area (Å²) in [4.78, 5) is 18.9. The number of carbonyl (C=O) groups excluding carboxylic acids is 1. The van der Waals surface area contributed by atoms with Crippen LogP contribution >= 0.6 is 0 Å². The second-order valence-electron chi connectivity index (χ2n) is 9.34. The van der Waals surface area contributed by atoms with Crippen molar-refractivity contribution in [1.82, 2.24) is 30.5 Å². The number of carbonyl (C=O) groups is 1. The van der Waals surface area contributed by atoms with Crippen LogP contribution in [0.25, 0.3) is 11.4 Å². The first kappa shape index (κ1) is 22.5. The van der Waals surface area contributed by atoms with Crippen LogP contribution < -0.4 is 10.1 Å². The molecule has 34 heavy (non-hydrogen) atoms. The van der Waals surface area contributed by atoms with E-state index in [2.05, 4.69) is 31.8 Å². The molecule has 0 radical (unpaired) electrons. The van der Waals surface area contributed by atoms with Crippen molar-refractivity contribution in [3.8, 4) is 17.1 Å². The molecule has 2 N–H and O–H groups in total. The van der Waals surface area contributed by atoms with Crippen LogP contribution in [0.5, 0.6) is 5.75 Å². The van der Waals surface area contributed by atoms with Crippen molar-refractivity contribution in [1.29, 1.82) is 0 Å². The third-order valence-electron chi connectivity index (χ3n) is 6.75. The monoisotopic (exact) mass is 462 g/mol. The van der Waals surface area contributed by atoms with E-state index in [1.807, 2.05) is 25.1 Å². The van der Waals surface area contributed by atoms with Gasteiger partial charge in [-0.2, -0.15) is 4.80 Å². The van der Waals surface area contributed by atoms with Crippen molar-refractivity contribution < 1.29 is 14.6 Å². The Bertz CT molecular complexity index is 1170. The molecule has 1 aliphatic heterocycles. The minimum Gasteiger partial charge on any atom is -0.493 e. The minimum absolute atomic E-state index is 0.241. The number of rotatable bonds is 7. The van der Waals surface area contributed by atoms with Crippen molar-refractivity contribution in [3.05, 3.63) is 52.8 Å². The van der Waals surface area contributed by atoms with E-state index in [9.17, 15) is 9.90 Å². The van der Waals surface area contributed by atoms with Crippen LogP contribution in [0.3, 0.4) is 0 Å². The van der Waals surface area contributed by atoms with E-state index in [4.69, 9.17) is 4.74 Å². The number of aliphatic hydroxyl groups is 1. The number of ether oxygens (including phenoxy) is 1. The lowest BCUT2D eigenvalue weighted by atomic mass is 9.82. The van der Waals surface area contributed by atoms with E-state index in [0.717, 1.165) is 54.7 Å². The van der Waals surface area contributed by atoms with Gasteiger partial charge in [0.05, 0.1) is 13.2 Å². The number of nitrogens with one attached hydrogen (secondary N) is 1. The fourth-order valence-corrected chi connectivity index (χ4v) is 4.80. The van der Waals surface area contributed by atoms with Crippen LogP contribution in [0.2, 0.25) is 0 Å². The van der Waals surface area contributed by atoms with Gasteiger partial charge in [0.25, 0.3) is 5.91 Å². The third kappa shape index (κ3) is 5.09. The van der Waals surface area contributed by atoms with Crippen molar-refractivity contribution in [2.24, 2.45) is 11.8 Å². The van der Waals surface area contributed by atoms with Crippen LogP contribution in [-0.4, -0.2) is 49.4 Å². The highest BCUT2D eigenvalue weighted by molar-refractivity contribution is 5.93. The summed E-state index contributed by atoms with van der Waals surface area (Å²) < 4.78 is 5.54. The zero-order valence-corrected chi connectivity index (χ0v) is 19.4. The summed E-state index contributed by atoms with van der Waals surface area (Å²) >= 11 is 0. The smallest absolute Gasteiger partial charge is 0.270 e. The molecule has 1 amide bonds. The Kier molecular flexibility index (Phi) is 6.53. The lowest BCUT2D eigenvalue weighted by molar-refractivity contribution is 0.0945. The molecule has 9 heteroatoms. The lowest BCUT2D eigenvalue weighted by Crippen LogP contribution is -2.24. The molecule has 5 rings (SSSR count). The van der Waals surface area contributed by atoms with Crippen LogP contribution in [0, 0.1) is 18.8 Å². The lowest BCUT2D eigenvalue weighted by Gasteiger charge is -2.26. The number of aliphatic hydroxyl groups excluding tert-OH is 1. The standard InChI is InChI=1S/C25H30N6O3/c1-16-10-21(24-28-30-31(29-24)14-17-2-4-18(15-32)5-3-17)12-22(27-16)25(33)26-13-19-6-7-23-20(11-19)8-9-34-23/h6-7,10-12,17-18,32H,2-5,8-9,13-15H2,1H3,(H,26,33). The quantitative estimate of drug-likeness (QED) is 0.555. The van der Waals surface area contributed by atoms with Gasteiger partial charge in [-0.1, -0.05) is 12.1 Å². The number of pyridine rings is 1. The summed E-state index contributed by atoms with van der Waals surface area (Å²) in [5.74, 6) is 2.10. The first-order chi connectivity index (χ1) is 16.6. The maximum Gasteiger partial charge on any atom is 0.270 e. The second kappa shape index (κ2) is 9.89. The number of tetrazole rings is 1. The van der Waals surface area contributed by atoms with E-state index in [-0.39, 0.29) is 12.5 Å². The van der Waals surface area contributed by atoms with Crippen molar-refractivity contribution in [2.75, 3.05) is 13.2 Å². The fourth-order valence-electron chi connectivity index (χ4n) is 4.80. The van der Waals surface area contributed by atoms with Gasteiger partial charge in [0.1, 0.15) is 11.4 Å². The number of aryl methyl sites for hydroxylation is 1. The Balaban J connectivity index is 1.23. The summed E-state index contributed by atoms with van der Waals surface area (Å²) in [7, 11) is 0. The van der Waals surface area contributed by atoms with E-state index in [1.54, 1.807) is 10.9 Å². The molecule has 0 unspecified atom stereocenters. The van der Waals surface area contributed by atoms with E-state index < -0.39 is 0 Å². The molecule has 1 saturated carbocycles. The molecule has 9 nitrogen and oxygen atoms in total. The average Bonchev–Trinajstić information content (AvgIpc) is 3.52. The Morgan fingerprint density at radius 3 is 2.82 bits per heavy atom. The normalized spacial score (nSPS) is 19.5. The van der Waals surface area contributed by atoms with Crippen LogP contribution in [0.15, 0.2) is 30.3 Å². The van der Waals surface area contributed by atoms with Gasteiger partial charge in [0.15, 0.2) is 0 Å². The number of aromatic nitrogens is 5. The highest BCUT2D eigenvalue weighted by Crippen LogP contribution is 2.29. The van der Waals surface area contributed by atoms with Gasteiger partial charge in [0, 0.05) is 30.8 Å². The molecule has 0 bridgehead atoms. The number of hydrogen-bond acceptors (Lipinski definition) is 7. The first-order valence-electron chi connectivity index (χ1n) is 12.0. The van der Waals surface area contributed by atoms with Crippen LogP contribution in [-0.2, 0) is 19.5 Å². The summed E-state index contributed by atoms with van der Waals surface area (Å²) in [6.07, 6.45) is 5.13. The minimum atomic E-state index is -0.241. The maximum atomic E-state index is 12.8. The molecule has 1 aliphatic carbocycles. The van der Waals surface area contributed by atoms with E-state index in [1.165, 1.54) is 5.56 Å². The molecule has 178 valence electrons. The van der Waals surface area contributed by atoms with Crippen molar-refractivity contribution in [3.63, 3.8) is 0 Å². The Hall–Kier alpha value is -3.33. The van der Waals surface area contributed by atoms with Crippen molar-refractivity contribution in [2.45, 2.75) is 52.1 Å². The second-order valence-corrected chi connectivity index (χ2v) is 9.34. The zero-order valence-electron chi connectivity index (χ0n) is 19.4. The zero-order chi connectivity index (χ0) is 23.5. The number of fused-ring (bicyclic) bond motifs is 1. The highest BCUT2D eigenvalue weighted by atomic mass is 16.5. The topological polar surface area (TPSA) is 115 Å². The molecule has 2 aromatic heterocycles. The van der Waals surface area contributed by atoms with E-state index >= 15 is 0 Å². The third-order valence-corrected chi connectivity index (χ3v) is 6.75. The molecule has 3 aromatic rings. The van der Waals surface area contributed by atoms with E-state index in [0.29, 0.717) is 43.1 Å². The SMILES string of the molecule is Cc1cc(-c2nnn(CC3CCC(CO)CC3)n2)cc(C(=O)NCc2ccc3c(c2)CCO3)n1.